The molecule has 0 aliphatic carbocycles. The van der Waals surface area contributed by atoms with Crippen molar-refractivity contribution in [2.45, 2.75) is 0 Å². The van der Waals surface area contributed by atoms with E-state index in [1.54, 1.807) is 11.8 Å². The van der Waals surface area contributed by atoms with Crippen LogP contribution < -0.4 is 45.2 Å². The SMILES string of the molecule is CSC=C(NC(=O)c1ccccc1)[P+](c1ccccc1)(c1ccccc1)c1ccccc1.[I-]. The summed E-state index contributed by atoms with van der Waals surface area (Å²) in [6, 6.07) is 41.0. The summed E-state index contributed by atoms with van der Waals surface area (Å²) in [5.74, 6) is -0.0990. The Hall–Kier alpha value is -2.40. The molecule has 1 N–H and O–H groups in total. The third-order valence-electron chi connectivity index (χ3n) is 5.30. The number of carbonyl (C=O) groups excluding carboxylic acids is 1. The van der Waals surface area contributed by atoms with Crippen molar-refractivity contribution in [3.8, 4) is 0 Å². The Kier molecular flexibility index (Phi) is 9.30. The third kappa shape index (κ3) is 5.40. The summed E-state index contributed by atoms with van der Waals surface area (Å²) in [6.07, 6.45) is 2.03. The molecule has 0 radical (unpaired) electrons. The monoisotopic (exact) mass is 581 g/mol. The van der Waals surface area contributed by atoms with Crippen LogP contribution in [0.4, 0.5) is 0 Å². The van der Waals surface area contributed by atoms with Crippen molar-refractivity contribution in [2.75, 3.05) is 6.26 Å². The highest BCUT2D eigenvalue weighted by Crippen LogP contribution is 2.61. The zero-order valence-electron chi connectivity index (χ0n) is 18.3. The van der Waals surface area contributed by atoms with E-state index in [-0.39, 0.29) is 29.9 Å². The molecule has 1 amide bonds. The summed E-state index contributed by atoms with van der Waals surface area (Å²) < 4.78 is 0. The average molecular weight is 581 g/mol. The molecule has 0 fully saturated rings. The molecule has 0 bridgehead atoms. The Morgan fingerprint density at radius 3 is 1.39 bits per heavy atom. The molecule has 0 unspecified atom stereocenters. The minimum atomic E-state index is -2.35. The van der Waals surface area contributed by atoms with Crippen LogP contribution in [0, 0.1) is 0 Å². The molecule has 4 rings (SSSR count). The number of hydrogen-bond acceptors (Lipinski definition) is 2. The van der Waals surface area contributed by atoms with Crippen molar-refractivity contribution in [1.29, 1.82) is 0 Å². The molecule has 0 saturated heterocycles. The highest BCUT2D eigenvalue weighted by Gasteiger charge is 2.50. The first-order valence-electron chi connectivity index (χ1n) is 10.4. The standard InChI is InChI=1S/C28H24NOPS.HI/c1-32-22-27(29-28(30)23-14-6-2-7-15-23)31(24-16-8-3-9-17-24,25-18-10-4-11-19-25)26-20-12-5-13-21-26;/h2-22H,1H3;1H. The number of benzene rings is 4. The Bertz CT molecular complexity index is 1090. The number of hydrogen-bond donors (Lipinski definition) is 1. The molecule has 33 heavy (non-hydrogen) atoms. The first-order chi connectivity index (χ1) is 15.8. The predicted octanol–water partition coefficient (Wildman–Crippen LogP) is 2.58. The average Bonchev–Trinajstić information content (AvgIpc) is 2.87. The van der Waals surface area contributed by atoms with Gasteiger partial charge in [-0.05, 0) is 54.8 Å². The van der Waals surface area contributed by atoms with E-state index in [0.29, 0.717) is 5.56 Å². The molecule has 0 spiro atoms. The van der Waals surface area contributed by atoms with E-state index in [9.17, 15) is 4.79 Å². The van der Waals surface area contributed by atoms with Gasteiger partial charge in [0, 0.05) is 11.0 Å². The Morgan fingerprint density at radius 2 is 1.03 bits per heavy atom. The molecular formula is C28H25INOPS. The number of amides is 1. The van der Waals surface area contributed by atoms with Crippen molar-refractivity contribution < 1.29 is 28.8 Å². The first-order valence-corrected chi connectivity index (χ1v) is 13.5. The highest BCUT2D eigenvalue weighted by molar-refractivity contribution is 8.03. The molecule has 0 atom stereocenters. The van der Waals surface area contributed by atoms with E-state index in [1.807, 2.05) is 54.8 Å². The lowest BCUT2D eigenvalue weighted by Crippen LogP contribution is -3.00. The second-order valence-corrected chi connectivity index (χ2v) is 11.3. The maximum absolute atomic E-state index is 13.3. The van der Waals surface area contributed by atoms with Crippen molar-refractivity contribution in [1.82, 2.24) is 5.32 Å². The van der Waals surface area contributed by atoms with E-state index in [1.165, 1.54) is 15.9 Å². The van der Waals surface area contributed by atoms with Gasteiger partial charge in [-0.1, -0.05) is 72.8 Å². The summed E-state index contributed by atoms with van der Waals surface area (Å²) in [7, 11) is -2.35. The van der Waals surface area contributed by atoms with Gasteiger partial charge in [0.05, 0.1) is 0 Å². The molecule has 5 heteroatoms. The number of halogens is 1. The minimum Gasteiger partial charge on any atom is -1.00 e. The van der Waals surface area contributed by atoms with E-state index in [2.05, 4.69) is 83.5 Å². The second-order valence-electron chi connectivity index (χ2n) is 7.24. The fourth-order valence-electron chi connectivity index (χ4n) is 3.90. The molecule has 4 aromatic carbocycles. The normalized spacial score (nSPS) is 11.4. The Labute approximate surface area is 217 Å². The lowest BCUT2D eigenvalue weighted by Gasteiger charge is -2.29. The maximum Gasteiger partial charge on any atom is 0.258 e. The number of nitrogens with one attached hydrogen (secondary N) is 1. The van der Waals surface area contributed by atoms with Crippen LogP contribution in [0.5, 0.6) is 0 Å². The van der Waals surface area contributed by atoms with Gasteiger partial charge in [0.2, 0.25) is 0 Å². The van der Waals surface area contributed by atoms with Gasteiger partial charge in [0.15, 0.2) is 12.7 Å². The van der Waals surface area contributed by atoms with Crippen LogP contribution in [0.25, 0.3) is 0 Å². The molecule has 166 valence electrons. The molecule has 2 nitrogen and oxygen atoms in total. The van der Waals surface area contributed by atoms with Gasteiger partial charge in [0.25, 0.3) is 5.91 Å². The number of carbonyl (C=O) groups is 1. The summed E-state index contributed by atoms with van der Waals surface area (Å²) in [6.45, 7) is 0. The molecule has 0 aliphatic rings. The molecule has 0 aliphatic heterocycles. The van der Waals surface area contributed by atoms with Crippen LogP contribution in [0.1, 0.15) is 10.4 Å². The topological polar surface area (TPSA) is 29.1 Å². The maximum atomic E-state index is 13.3. The van der Waals surface area contributed by atoms with Gasteiger partial charge in [-0.2, -0.15) is 0 Å². The molecular weight excluding hydrogens is 556 g/mol. The predicted molar refractivity (Wildman–Crippen MR) is 141 cm³/mol. The Balaban J connectivity index is 0.00000306. The van der Waals surface area contributed by atoms with Gasteiger partial charge in [-0.15, -0.1) is 11.8 Å². The lowest BCUT2D eigenvalue weighted by molar-refractivity contribution is -0.0000144. The van der Waals surface area contributed by atoms with Gasteiger partial charge in [-0.3, -0.25) is 10.1 Å². The van der Waals surface area contributed by atoms with E-state index >= 15 is 0 Å². The van der Waals surface area contributed by atoms with Crippen LogP contribution in [0.15, 0.2) is 132 Å². The van der Waals surface area contributed by atoms with Crippen molar-refractivity contribution in [2.24, 2.45) is 0 Å². The fraction of sp³-hybridized carbons (Fsp3) is 0.0357. The van der Waals surface area contributed by atoms with Crippen LogP contribution in [-0.4, -0.2) is 12.2 Å². The quantitative estimate of drug-likeness (QED) is 0.269. The van der Waals surface area contributed by atoms with E-state index in [4.69, 9.17) is 0 Å². The van der Waals surface area contributed by atoms with Crippen LogP contribution in [0.3, 0.4) is 0 Å². The smallest absolute Gasteiger partial charge is 0.258 e. The molecule has 0 aromatic heterocycles. The van der Waals surface area contributed by atoms with Gasteiger partial charge < -0.3 is 24.0 Å². The van der Waals surface area contributed by atoms with Crippen molar-refractivity contribution >= 4 is 40.8 Å². The van der Waals surface area contributed by atoms with Crippen molar-refractivity contribution in [3.05, 3.63) is 138 Å². The Morgan fingerprint density at radius 1 is 0.667 bits per heavy atom. The fourth-order valence-corrected chi connectivity index (χ4v) is 8.99. The van der Waals surface area contributed by atoms with Crippen LogP contribution >= 0.6 is 19.0 Å². The largest absolute Gasteiger partial charge is 1.00 e. The second kappa shape index (κ2) is 12.2. The van der Waals surface area contributed by atoms with Crippen LogP contribution in [0.2, 0.25) is 0 Å². The zero-order chi connectivity index (χ0) is 22.2. The van der Waals surface area contributed by atoms with Gasteiger partial charge >= 0.3 is 0 Å². The minimum absolute atomic E-state index is 0. The van der Waals surface area contributed by atoms with Gasteiger partial charge in [-0.25, -0.2) is 0 Å². The molecule has 4 aromatic rings. The van der Waals surface area contributed by atoms with Crippen LogP contribution in [-0.2, 0) is 0 Å². The molecule has 0 saturated carbocycles. The molecule has 0 heterocycles. The summed E-state index contributed by atoms with van der Waals surface area (Å²) in [5, 5.41) is 9.02. The number of thioether (sulfide) groups is 1. The summed E-state index contributed by atoms with van der Waals surface area (Å²) in [4.78, 5) is 13.3. The lowest BCUT2D eigenvalue weighted by atomic mass is 10.2. The first kappa shape index (κ1) is 25.2. The summed E-state index contributed by atoms with van der Waals surface area (Å²) in [5.41, 5.74) is 1.58. The zero-order valence-corrected chi connectivity index (χ0v) is 22.1. The number of rotatable bonds is 7. The highest BCUT2D eigenvalue weighted by atomic mass is 127. The van der Waals surface area contributed by atoms with E-state index in [0.717, 1.165) is 5.44 Å². The van der Waals surface area contributed by atoms with Crippen molar-refractivity contribution in [3.63, 3.8) is 0 Å². The van der Waals surface area contributed by atoms with E-state index < -0.39 is 7.26 Å². The van der Waals surface area contributed by atoms with Gasteiger partial charge in [0.1, 0.15) is 15.9 Å². The third-order valence-corrected chi connectivity index (χ3v) is 10.1. The summed E-state index contributed by atoms with van der Waals surface area (Å²) >= 11 is 1.61.